The number of hydrogen-bond acceptors (Lipinski definition) is 3. The summed E-state index contributed by atoms with van der Waals surface area (Å²) >= 11 is 0. The van der Waals surface area contributed by atoms with Gasteiger partial charge in [-0.15, -0.1) is 0 Å². The van der Waals surface area contributed by atoms with Crippen LogP contribution in [0.3, 0.4) is 0 Å². The quantitative estimate of drug-likeness (QED) is 0.764. The Bertz CT molecular complexity index is 1010. The lowest BCUT2D eigenvalue weighted by molar-refractivity contribution is 0.580. The maximum absolute atomic E-state index is 12.7. The largest absolute Gasteiger partial charge is 0.304 e. The van der Waals surface area contributed by atoms with Gasteiger partial charge in [-0.1, -0.05) is 30.3 Å². The standard InChI is InChI=1S/C19H21N3O2S/c1-14-8-9-15(2)19(12-14)25(23,24)21-13-17-6-4-5-7-18(17)22-11-10-20-16(22)3/h4-12,21H,13H2,1-3H3. The molecule has 1 heterocycles. The van der Waals surface area contributed by atoms with Crippen molar-refractivity contribution < 1.29 is 8.42 Å². The summed E-state index contributed by atoms with van der Waals surface area (Å²) in [7, 11) is -3.58. The molecule has 0 spiro atoms. The fraction of sp³-hybridized carbons (Fsp3) is 0.211. The molecule has 0 fully saturated rings. The summed E-state index contributed by atoms with van der Waals surface area (Å²) in [6.45, 7) is 5.81. The lowest BCUT2D eigenvalue weighted by Gasteiger charge is -2.14. The van der Waals surface area contributed by atoms with Crippen molar-refractivity contribution >= 4 is 10.0 Å². The van der Waals surface area contributed by atoms with Gasteiger partial charge in [0.25, 0.3) is 0 Å². The van der Waals surface area contributed by atoms with Crippen LogP contribution < -0.4 is 4.72 Å². The van der Waals surface area contributed by atoms with Gasteiger partial charge in [0.05, 0.1) is 10.6 Å². The van der Waals surface area contributed by atoms with Gasteiger partial charge in [0.2, 0.25) is 10.0 Å². The molecule has 2 aromatic carbocycles. The molecule has 0 saturated carbocycles. The Morgan fingerprint density at radius 1 is 1.08 bits per heavy atom. The Labute approximate surface area is 148 Å². The van der Waals surface area contributed by atoms with Crippen LogP contribution in [0.15, 0.2) is 59.8 Å². The predicted molar refractivity (Wildman–Crippen MR) is 98.2 cm³/mol. The molecule has 3 aromatic rings. The molecule has 0 bridgehead atoms. The number of rotatable bonds is 5. The van der Waals surface area contributed by atoms with E-state index < -0.39 is 10.0 Å². The van der Waals surface area contributed by atoms with E-state index in [2.05, 4.69) is 9.71 Å². The van der Waals surface area contributed by atoms with Crippen LogP contribution >= 0.6 is 0 Å². The Hall–Kier alpha value is -2.44. The average Bonchev–Trinajstić information content (AvgIpc) is 3.01. The minimum atomic E-state index is -3.58. The van der Waals surface area contributed by atoms with E-state index in [0.29, 0.717) is 4.90 Å². The van der Waals surface area contributed by atoms with Crippen molar-refractivity contribution in [3.63, 3.8) is 0 Å². The summed E-state index contributed by atoms with van der Waals surface area (Å²) in [5.74, 6) is 0.852. The first-order valence-electron chi connectivity index (χ1n) is 8.03. The minimum Gasteiger partial charge on any atom is -0.304 e. The summed E-state index contributed by atoms with van der Waals surface area (Å²) in [5.41, 5.74) is 3.45. The number of aromatic nitrogens is 2. The molecule has 0 radical (unpaired) electrons. The SMILES string of the molecule is Cc1ccc(C)c(S(=O)(=O)NCc2ccccc2-n2ccnc2C)c1. The van der Waals surface area contributed by atoms with Crippen molar-refractivity contribution in [1.82, 2.24) is 14.3 Å². The molecule has 6 heteroatoms. The van der Waals surface area contributed by atoms with Crippen LogP contribution in [-0.2, 0) is 16.6 Å². The Balaban J connectivity index is 1.90. The number of hydrogen-bond donors (Lipinski definition) is 1. The van der Waals surface area contributed by atoms with E-state index >= 15 is 0 Å². The zero-order valence-electron chi connectivity index (χ0n) is 14.5. The van der Waals surface area contributed by atoms with Gasteiger partial charge >= 0.3 is 0 Å². The van der Waals surface area contributed by atoms with Crippen LogP contribution in [0.25, 0.3) is 5.69 Å². The molecule has 1 N–H and O–H groups in total. The van der Waals surface area contributed by atoms with E-state index in [-0.39, 0.29) is 6.54 Å². The third-order valence-electron chi connectivity index (χ3n) is 4.16. The summed E-state index contributed by atoms with van der Waals surface area (Å²) in [5, 5.41) is 0. The van der Waals surface area contributed by atoms with Crippen molar-refractivity contribution in [2.24, 2.45) is 0 Å². The van der Waals surface area contributed by atoms with Crippen molar-refractivity contribution in [3.8, 4) is 5.69 Å². The zero-order chi connectivity index (χ0) is 18.0. The maximum Gasteiger partial charge on any atom is 0.241 e. The van der Waals surface area contributed by atoms with E-state index in [1.807, 2.05) is 61.0 Å². The minimum absolute atomic E-state index is 0.212. The molecular formula is C19H21N3O2S. The molecule has 0 saturated heterocycles. The second kappa shape index (κ2) is 6.82. The third-order valence-corrected chi connectivity index (χ3v) is 5.71. The monoisotopic (exact) mass is 355 g/mol. The van der Waals surface area contributed by atoms with E-state index in [0.717, 1.165) is 28.2 Å². The second-order valence-corrected chi connectivity index (χ2v) is 7.80. The topological polar surface area (TPSA) is 64.0 Å². The van der Waals surface area contributed by atoms with Gasteiger partial charge in [0.15, 0.2) is 0 Å². The summed E-state index contributed by atoms with van der Waals surface area (Å²) < 4.78 is 30.1. The molecule has 3 rings (SSSR count). The van der Waals surface area contributed by atoms with E-state index in [1.165, 1.54) is 0 Å². The zero-order valence-corrected chi connectivity index (χ0v) is 15.3. The number of sulfonamides is 1. The molecule has 25 heavy (non-hydrogen) atoms. The number of para-hydroxylation sites is 1. The molecule has 0 atom stereocenters. The smallest absolute Gasteiger partial charge is 0.241 e. The number of nitrogens with zero attached hydrogens (tertiary/aromatic N) is 2. The first-order valence-corrected chi connectivity index (χ1v) is 9.52. The highest BCUT2D eigenvalue weighted by Crippen LogP contribution is 2.19. The highest BCUT2D eigenvalue weighted by Gasteiger charge is 2.17. The molecule has 0 aliphatic carbocycles. The molecule has 1 aromatic heterocycles. The van der Waals surface area contributed by atoms with Crippen LogP contribution in [0.4, 0.5) is 0 Å². The normalized spacial score (nSPS) is 11.6. The summed E-state index contributed by atoms with van der Waals surface area (Å²) in [6.07, 6.45) is 3.60. The number of imidazole rings is 1. The first-order chi connectivity index (χ1) is 11.9. The molecule has 130 valence electrons. The van der Waals surface area contributed by atoms with Crippen molar-refractivity contribution in [1.29, 1.82) is 0 Å². The van der Waals surface area contributed by atoms with Gasteiger partial charge in [-0.25, -0.2) is 18.1 Å². The van der Waals surface area contributed by atoms with E-state index in [4.69, 9.17) is 0 Å². The number of benzene rings is 2. The van der Waals surface area contributed by atoms with Gasteiger partial charge in [-0.2, -0.15) is 0 Å². The van der Waals surface area contributed by atoms with Gasteiger partial charge in [-0.3, -0.25) is 0 Å². The Kier molecular flexibility index (Phi) is 4.74. The van der Waals surface area contributed by atoms with E-state index in [9.17, 15) is 8.42 Å². The molecule has 0 amide bonds. The Morgan fingerprint density at radius 3 is 2.56 bits per heavy atom. The van der Waals surface area contributed by atoms with Gasteiger partial charge in [0, 0.05) is 18.9 Å². The fourth-order valence-electron chi connectivity index (χ4n) is 2.78. The maximum atomic E-state index is 12.7. The van der Waals surface area contributed by atoms with Crippen LogP contribution in [0.2, 0.25) is 0 Å². The molecular weight excluding hydrogens is 334 g/mol. The van der Waals surface area contributed by atoms with Crippen LogP contribution in [0, 0.1) is 20.8 Å². The lowest BCUT2D eigenvalue weighted by atomic mass is 10.2. The van der Waals surface area contributed by atoms with Crippen LogP contribution in [-0.4, -0.2) is 18.0 Å². The third kappa shape index (κ3) is 3.65. The molecule has 5 nitrogen and oxygen atoms in total. The van der Waals surface area contributed by atoms with Crippen molar-refractivity contribution in [2.75, 3.05) is 0 Å². The lowest BCUT2D eigenvalue weighted by Crippen LogP contribution is -2.24. The Morgan fingerprint density at radius 2 is 1.84 bits per heavy atom. The van der Waals surface area contributed by atoms with Gasteiger partial charge in [-0.05, 0) is 49.6 Å². The summed E-state index contributed by atoms with van der Waals surface area (Å²) in [4.78, 5) is 4.56. The predicted octanol–water partition coefficient (Wildman–Crippen LogP) is 3.28. The number of nitrogens with one attached hydrogen (secondary N) is 1. The molecule has 0 aliphatic heterocycles. The molecule has 0 unspecified atom stereocenters. The van der Waals surface area contributed by atoms with Gasteiger partial charge < -0.3 is 4.57 Å². The number of aryl methyl sites for hydroxylation is 3. The first kappa shape index (κ1) is 17.4. The van der Waals surface area contributed by atoms with Crippen molar-refractivity contribution in [3.05, 3.63) is 77.4 Å². The highest BCUT2D eigenvalue weighted by molar-refractivity contribution is 7.89. The average molecular weight is 355 g/mol. The summed E-state index contributed by atoms with van der Waals surface area (Å²) in [6, 6.07) is 13.1. The van der Waals surface area contributed by atoms with Crippen LogP contribution in [0.5, 0.6) is 0 Å². The fourth-order valence-corrected chi connectivity index (χ4v) is 4.11. The van der Waals surface area contributed by atoms with Crippen molar-refractivity contribution in [2.45, 2.75) is 32.2 Å². The van der Waals surface area contributed by atoms with Gasteiger partial charge in [0.1, 0.15) is 5.82 Å². The van der Waals surface area contributed by atoms with Crippen LogP contribution in [0.1, 0.15) is 22.5 Å². The second-order valence-electron chi connectivity index (χ2n) is 6.07. The molecule has 0 aliphatic rings. The van der Waals surface area contributed by atoms with E-state index in [1.54, 1.807) is 19.2 Å². The highest BCUT2D eigenvalue weighted by atomic mass is 32.2.